The molecule has 0 N–H and O–H groups in total. The van der Waals surface area contributed by atoms with Gasteiger partial charge in [-0.05, 0) is 55.8 Å². The largest absolute Gasteiger partial charge is 0.352 e. The quantitative estimate of drug-likeness (QED) is 0.569. The SMILES string of the molecule is CC(C)S(=O)(=O)c1ccc(CC(=O)N2CCN(c3ccc(-n4cccc4)nn3)CC2)cc1. The van der Waals surface area contributed by atoms with E-state index in [9.17, 15) is 13.2 Å². The molecule has 32 heavy (non-hydrogen) atoms. The third-order valence-corrected chi connectivity index (χ3v) is 7.86. The Hall–Kier alpha value is -3.20. The van der Waals surface area contributed by atoms with E-state index in [1.807, 2.05) is 46.1 Å². The molecule has 8 nitrogen and oxygen atoms in total. The smallest absolute Gasteiger partial charge is 0.227 e. The number of nitrogens with zero attached hydrogens (tertiary/aromatic N) is 5. The molecule has 0 bridgehead atoms. The Kier molecular flexibility index (Phi) is 6.27. The number of piperazine rings is 1. The average Bonchev–Trinajstić information content (AvgIpc) is 3.35. The lowest BCUT2D eigenvalue weighted by Crippen LogP contribution is -2.49. The average molecular weight is 454 g/mol. The molecule has 0 spiro atoms. The predicted molar refractivity (Wildman–Crippen MR) is 123 cm³/mol. The van der Waals surface area contributed by atoms with Crippen LogP contribution in [-0.4, -0.2) is 65.4 Å². The van der Waals surface area contributed by atoms with Crippen molar-refractivity contribution >= 4 is 21.6 Å². The van der Waals surface area contributed by atoms with Gasteiger partial charge < -0.3 is 14.4 Å². The second-order valence-corrected chi connectivity index (χ2v) is 10.6. The van der Waals surface area contributed by atoms with Gasteiger partial charge in [0.2, 0.25) is 5.91 Å². The monoisotopic (exact) mass is 453 g/mol. The van der Waals surface area contributed by atoms with E-state index >= 15 is 0 Å². The molecule has 1 aromatic carbocycles. The zero-order valence-corrected chi connectivity index (χ0v) is 19.1. The molecule has 2 aromatic heterocycles. The van der Waals surface area contributed by atoms with Gasteiger partial charge in [-0.25, -0.2) is 8.42 Å². The highest BCUT2D eigenvalue weighted by atomic mass is 32.2. The molecule has 3 aromatic rings. The summed E-state index contributed by atoms with van der Waals surface area (Å²) < 4.78 is 26.4. The summed E-state index contributed by atoms with van der Waals surface area (Å²) >= 11 is 0. The second kappa shape index (κ2) is 9.12. The minimum Gasteiger partial charge on any atom is -0.352 e. The van der Waals surface area contributed by atoms with Crippen LogP contribution in [0, 0.1) is 0 Å². The molecule has 0 saturated carbocycles. The van der Waals surface area contributed by atoms with Crippen LogP contribution >= 0.6 is 0 Å². The van der Waals surface area contributed by atoms with Gasteiger partial charge in [-0.2, -0.15) is 0 Å². The third-order valence-electron chi connectivity index (χ3n) is 5.69. The molecule has 1 fully saturated rings. The maximum Gasteiger partial charge on any atom is 0.227 e. The molecular weight excluding hydrogens is 426 g/mol. The van der Waals surface area contributed by atoms with Gasteiger partial charge in [-0.15, -0.1) is 10.2 Å². The van der Waals surface area contributed by atoms with E-state index in [-0.39, 0.29) is 12.3 Å². The van der Waals surface area contributed by atoms with Gasteiger partial charge in [0.1, 0.15) is 0 Å². The lowest BCUT2D eigenvalue weighted by molar-refractivity contribution is -0.130. The lowest BCUT2D eigenvalue weighted by Gasteiger charge is -2.35. The molecule has 0 radical (unpaired) electrons. The van der Waals surface area contributed by atoms with Gasteiger partial charge in [0, 0.05) is 38.6 Å². The zero-order valence-electron chi connectivity index (χ0n) is 18.3. The normalized spacial score (nSPS) is 14.7. The highest BCUT2D eigenvalue weighted by Crippen LogP contribution is 2.18. The number of amides is 1. The Morgan fingerprint density at radius 3 is 2.06 bits per heavy atom. The van der Waals surface area contributed by atoms with Crippen LogP contribution in [0.25, 0.3) is 5.82 Å². The highest BCUT2D eigenvalue weighted by Gasteiger charge is 2.23. The number of rotatable bonds is 6. The molecule has 0 unspecified atom stereocenters. The molecule has 1 saturated heterocycles. The number of carbonyl (C=O) groups excluding carboxylic acids is 1. The van der Waals surface area contributed by atoms with Gasteiger partial charge in [0.25, 0.3) is 0 Å². The van der Waals surface area contributed by atoms with Crippen molar-refractivity contribution in [2.45, 2.75) is 30.4 Å². The molecule has 3 heterocycles. The van der Waals surface area contributed by atoms with Crippen LogP contribution in [0.15, 0.2) is 65.8 Å². The molecule has 1 amide bonds. The van der Waals surface area contributed by atoms with E-state index in [2.05, 4.69) is 15.1 Å². The first-order chi connectivity index (χ1) is 15.3. The van der Waals surface area contributed by atoms with Gasteiger partial charge in [0.05, 0.1) is 16.6 Å². The highest BCUT2D eigenvalue weighted by molar-refractivity contribution is 7.92. The van der Waals surface area contributed by atoms with Crippen molar-refractivity contribution in [1.82, 2.24) is 19.7 Å². The first-order valence-electron chi connectivity index (χ1n) is 10.7. The maximum atomic E-state index is 12.7. The van der Waals surface area contributed by atoms with Crippen LogP contribution in [0.1, 0.15) is 19.4 Å². The Morgan fingerprint density at radius 2 is 1.50 bits per heavy atom. The molecule has 1 aliphatic heterocycles. The predicted octanol–water partition coefficient (Wildman–Crippen LogP) is 2.34. The fourth-order valence-corrected chi connectivity index (χ4v) is 4.71. The maximum absolute atomic E-state index is 12.7. The molecule has 0 atom stereocenters. The number of benzene rings is 1. The minimum absolute atomic E-state index is 0.0400. The molecule has 168 valence electrons. The number of carbonyl (C=O) groups is 1. The summed E-state index contributed by atoms with van der Waals surface area (Å²) in [4.78, 5) is 17.0. The Labute approximate surface area is 188 Å². The van der Waals surface area contributed by atoms with Crippen molar-refractivity contribution in [2.24, 2.45) is 0 Å². The zero-order chi connectivity index (χ0) is 22.7. The van der Waals surface area contributed by atoms with Gasteiger partial charge in [-0.3, -0.25) is 4.79 Å². The third kappa shape index (κ3) is 4.67. The van der Waals surface area contributed by atoms with Crippen molar-refractivity contribution in [2.75, 3.05) is 31.1 Å². The number of aromatic nitrogens is 3. The molecule has 1 aliphatic rings. The van der Waals surface area contributed by atoms with Gasteiger partial charge in [0.15, 0.2) is 21.5 Å². The first-order valence-corrected chi connectivity index (χ1v) is 12.2. The fraction of sp³-hybridized carbons (Fsp3) is 0.348. The summed E-state index contributed by atoms with van der Waals surface area (Å²) in [6.07, 6.45) is 4.10. The van der Waals surface area contributed by atoms with Gasteiger partial charge in [-0.1, -0.05) is 12.1 Å². The summed E-state index contributed by atoms with van der Waals surface area (Å²) in [6.45, 7) is 5.92. The van der Waals surface area contributed by atoms with Crippen LogP contribution < -0.4 is 4.90 Å². The fourth-order valence-electron chi connectivity index (χ4n) is 3.65. The summed E-state index contributed by atoms with van der Waals surface area (Å²) in [5.74, 6) is 1.60. The number of anilines is 1. The molecular formula is C23H27N5O3S. The molecule has 9 heteroatoms. The summed E-state index contributed by atoms with van der Waals surface area (Å²) in [5.41, 5.74) is 0.812. The van der Waals surface area contributed by atoms with Crippen molar-refractivity contribution in [1.29, 1.82) is 0 Å². The Balaban J connectivity index is 1.32. The van der Waals surface area contributed by atoms with E-state index in [4.69, 9.17) is 0 Å². The Morgan fingerprint density at radius 1 is 0.906 bits per heavy atom. The van der Waals surface area contributed by atoms with E-state index in [0.717, 1.165) is 17.2 Å². The van der Waals surface area contributed by atoms with E-state index in [1.165, 1.54) is 0 Å². The van der Waals surface area contributed by atoms with E-state index in [0.29, 0.717) is 31.1 Å². The number of hydrogen-bond acceptors (Lipinski definition) is 6. The minimum atomic E-state index is -3.30. The van der Waals surface area contributed by atoms with Crippen LogP contribution in [0.4, 0.5) is 5.82 Å². The topological polar surface area (TPSA) is 88.4 Å². The summed E-state index contributed by atoms with van der Waals surface area (Å²) in [7, 11) is -3.30. The van der Waals surface area contributed by atoms with Crippen molar-refractivity contribution in [3.63, 3.8) is 0 Å². The number of hydrogen-bond donors (Lipinski definition) is 0. The van der Waals surface area contributed by atoms with E-state index in [1.54, 1.807) is 38.1 Å². The van der Waals surface area contributed by atoms with Crippen LogP contribution in [-0.2, 0) is 21.1 Å². The lowest BCUT2D eigenvalue weighted by atomic mass is 10.1. The van der Waals surface area contributed by atoms with Crippen molar-refractivity contribution < 1.29 is 13.2 Å². The molecule has 0 aliphatic carbocycles. The van der Waals surface area contributed by atoms with Crippen LogP contribution in [0.3, 0.4) is 0 Å². The summed E-state index contributed by atoms with van der Waals surface area (Å²) in [5, 5.41) is 8.16. The number of sulfone groups is 1. The Bertz CT molecular complexity index is 1150. The first kappa shape index (κ1) is 22.0. The standard InChI is InChI=1S/C23H27N5O3S/c1-18(2)32(30,31)20-7-5-19(6-8-20)17-23(29)28-15-13-27(14-16-28)22-10-9-21(24-25-22)26-11-3-4-12-26/h3-12,18H,13-17H2,1-2H3. The van der Waals surface area contributed by atoms with Crippen molar-refractivity contribution in [3.8, 4) is 5.82 Å². The van der Waals surface area contributed by atoms with Crippen molar-refractivity contribution in [3.05, 3.63) is 66.5 Å². The molecule has 4 rings (SSSR count). The van der Waals surface area contributed by atoms with E-state index < -0.39 is 15.1 Å². The summed E-state index contributed by atoms with van der Waals surface area (Å²) in [6, 6.07) is 14.4. The van der Waals surface area contributed by atoms with Crippen LogP contribution in [0.5, 0.6) is 0 Å². The second-order valence-electron chi connectivity index (χ2n) is 8.12. The van der Waals surface area contributed by atoms with Crippen LogP contribution in [0.2, 0.25) is 0 Å². The van der Waals surface area contributed by atoms with Gasteiger partial charge >= 0.3 is 0 Å².